The highest BCUT2D eigenvalue weighted by Crippen LogP contribution is 2.39. The lowest BCUT2D eigenvalue weighted by Gasteiger charge is -2.11. The normalized spacial score (nSPS) is 12.4. The SMILES string of the molecule is CC(=O)C[C@@H](C)COc1ccc(Oc2ccc3nc(C(C)C)sc3c2Cl)cn1. The molecular formula is C21H23ClN2O3S. The van der Waals surface area contributed by atoms with Gasteiger partial charge < -0.3 is 14.3 Å². The quantitative estimate of drug-likeness (QED) is 0.432. The molecule has 2 heterocycles. The summed E-state index contributed by atoms with van der Waals surface area (Å²) in [6, 6.07) is 7.26. The molecule has 0 radical (unpaired) electrons. The van der Waals surface area contributed by atoms with Crippen molar-refractivity contribution in [3.63, 3.8) is 0 Å². The summed E-state index contributed by atoms with van der Waals surface area (Å²) in [5.41, 5.74) is 0.882. The minimum atomic E-state index is 0.149. The number of rotatable bonds is 8. The number of hydrogen-bond acceptors (Lipinski definition) is 6. The van der Waals surface area contributed by atoms with Crippen molar-refractivity contribution in [1.29, 1.82) is 0 Å². The number of carbonyl (C=O) groups excluding carboxylic acids is 1. The van der Waals surface area contributed by atoms with E-state index >= 15 is 0 Å². The van der Waals surface area contributed by atoms with Gasteiger partial charge in [-0.2, -0.15) is 0 Å². The third kappa shape index (κ3) is 5.00. The second kappa shape index (κ2) is 8.88. The molecular weight excluding hydrogens is 396 g/mol. The van der Waals surface area contributed by atoms with Crippen LogP contribution in [0.15, 0.2) is 30.5 Å². The van der Waals surface area contributed by atoms with Gasteiger partial charge in [-0.25, -0.2) is 9.97 Å². The lowest BCUT2D eigenvalue weighted by atomic mass is 10.1. The maximum Gasteiger partial charge on any atom is 0.213 e. The zero-order valence-corrected chi connectivity index (χ0v) is 17.9. The molecule has 0 saturated carbocycles. The average Bonchev–Trinajstić information content (AvgIpc) is 3.08. The van der Waals surface area contributed by atoms with E-state index in [1.807, 2.05) is 19.1 Å². The van der Waals surface area contributed by atoms with Gasteiger partial charge in [0.2, 0.25) is 5.88 Å². The number of pyridine rings is 1. The fourth-order valence-corrected chi connectivity index (χ4v) is 4.01. The molecule has 0 aliphatic heterocycles. The van der Waals surface area contributed by atoms with Gasteiger partial charge in [0, 0.05) is 18.4 Å². The summed E-state index contributed by atoms with van der Waals surface area (Å²) in [6.07, 6.45) is 2.09. The standard InChI is InChI=1S/C21H23ClN2O3S/c1-12(2)21-24-16-6-7-17(19(22)20(16)28-21)27-15-5-8-18(23-10-15)26-11-13(3)9-14(4)25/h5-8,10,12-13H,9,11H2,1-4H3/t13-/m1/s1. The molecule has 1 aromatic carbocycles. The first-order valence-electron chi connectivity index (χ1n) is 9.18. The van der Waals surface area contributed by atoms with E-state index in [4.69, 9.17) is 21.1 Å². The Hall–Kier alpha value is -2.18. The summed E-state index contributed by atoms with van der Waals surface area (Å²) in [6.45, 7) is 8.22. The fourth-order valence-electron chi connectivity index (χ4n) is 2.70. The predicted octanol–water partition coefficient (Wildman–Crippen LogP) is 6.25. The van der Waals surface area contributed by atoms with E-state index in [0.717, 1.165) is 15.2 Å². The monoisotopic (exact) mass is 418 g/mol. The van der Waals surface area contributed by atoms with Gasteiger partial charge in [0.05, 0.1) is 28.0 Å². The molecule has 0 saturated heterocycles. The molecule has 7 heteroatoms. The summed E-state index contributed by atoms with van der Waals surface area (Å²) in [5, 5.41) is 1.61. The van der Waals surface area contributed by atoms with E-state index in [9.17, 15) is 4.79 Å². The predicted molar refractivity (Wildman–Crippen MR) is 113 cm³/mol. The van der Waals surface area contributed by atoms with Gasteiger partial charge in [0.15, 0.2) is 0 Å². The molecule has 3 aromatic rings. The largest absolute Gasteiger partial charge is 0.477 e. The van der Waals surface area contributed by atoms with Crippen LogP contribution < -0.4 is 9.47 Å². The Bertz CT molecular complexity index is 970. The van der Waals surface area contributed by atoms with Crippen LogP contribution in [0.25, 0.3) is 10.2 Å². The molecule has 0 aliphatic carbocycles. The van der Waals surface area contributed by atoms with Gasteiger partial charge in [-0.15, -0.1) is 11.3 Å². The Kier molecular flexibility index (Phi) is 6.52. The van der Waals surface area contributed by atoms with Crippen LogP contribution in [0.2, 0.25) is 5.02 Å². The van der Waals surface area contributed by atoms with E-state index in [2.05, 4.69) is 23.8 Å². The first-order valence-corrected chi connectivity index (χ1v) is 10.4. The molecule has 0 spiro atoms. The third-order valence-electron chi connectivity index (χ3n) is 4.06. The molecule has 2 aromatic heterocycles. The van der Waals surface area contributed by atoms with Gasteiger partial charge in [0.25, 0.3) is 0 Å². The number of ketones is 1. The number of nitrogens with zero attached hydrogens (tertiary/aromatic N) is 2. The van der Waals surface area contributed by atoms with Gasteiger partial charge in [-0.1, -0.05) is 32.4 Å². The summed E-state index contributed by atoms with van der Waals surface area (Å²) >= 11 is 8.13. The van der Waals surface area contributed by atoms with E-state index in [-0.39, 0.29) is 11.7 Å². The van der Waals surface area contributed by atoms with Gasteiger partial charge >= 0.3 is 0 Å². The zero-order valence-electron chi connectivity index (χ0n) is 16.4. The van der Waals surface area contributed by atoms with E-state index < -0.39 is 0 Å². The number of carbonyl (C=O) groups is 1. The summed E-state index contributed by atoms with van der Waals surface area (Å²) in [4.78, 5) is 20.0. The van der Waals surface area contributed by atoms with Crippen molar-refractivity contribution in [2.24, 2.45) is 5.92 Å². The smallest absolute Gasteiger partial charge is 0.213 e. The number of thiazole rings is 1. The lowest BCUT2D eigenvalue weighted by Crippen LogP contribution is -2.12. The van der Waals surface area contributed by atoms with E-state index in [1.165, 1.54) is 0 Å². The number of benzene rings is 1. The number of Topliss-reactive ketones (excluding diaryl/α,β-unsaturated/α-hetero) is 1. The van der Waals surface area contributed by atoms with Crippen LogP contribution in [0.4, 0.5) is 0 Å². The highest BCUT2D eigenvalue weighted by atomic mass is 35.5. The Labute approximate surface area is 173 Å². The van der Waals surface area contributed by atoms with E-state index in [1.54, 1.807) is 36.6 Å². The number of aromatic nitrogens is 2. The van der Waals surface area contributed by atoms with E-state index in [0.29, 0.717) is 41.3 Å². The molecule has 1 atom stereocenters. The molecule has 0 unspecified atom stereocenters. The minimum absolute atomic E-state index is 0.149. The number of hydrogen-bond donors (Lipinski definition) is 0. The van der Waals surface area contributed by atoms with Crippen LogP contribution in [0.3, 0.4) is 0 Å². The highest BCUT2D eigenvalue weighted by molar-refractivity contribution is 7.19. The topological polar surface area (TPSA) is 61.3 Å². The van der Waals surface area contributed by atoms with Crippen molar-refractivity contribution in [1.82, 2.24) is 9.97 Å². The highest BCUT2D eigenvalue weighted by Gasteiger charge is 2.14. The molecule has 5 nitrogen and oxygen atoms in total. The minimum Gasteiger partial charge on any atom is -0.477 e. The van der Waals surface area contributed by atoms with Crippen molar-refractivity contribution in [3.05, 3.63) is 40.5 Å². The van der Waals surface area contributed by atoms with Crippen molar-refractivity contribution in [3.8, 4) is 17.4 Å². The molecule has 0 aliphatic rings. The number of ether oxygens (including phenoxy) is 2. The third-order valence-corrected chi connectivity index (χ3v) is 5.94. The van der Waals surface area contributed by atoms with Crippen LogP contribution in [-0.2, 0) is 4.79 Å². The molecule has 0 amide bonds. The second-order valence-electron chi connectivity index (χ2n) is 7.19. The number of halogens is 1. The number of fused-ring (bicyclic) bond motifs is 1. The molecule has 0 N–H and O–H groups in total. The molecule has 0 bridgehead atoms. The zero-order chi connectivity index (χ0) is 20.3. The second-order valence-corrected chi connectivity index (χ2v) is 8.60. The Morgan fingerprint density at radius 1 is 1.21 bits per heavy atom. The first kappa shape index (κ1) is 20.6. The Morgan fingerprint density at radius 3 is 2.64 bits per heavy atom. The molecule has 148 valence electrons. The van der Waals surface area contributed by atoms with Gasteiger partial charge in [-0.05, 0) is 31.0 Å². The molecule has 0 fully saturated rings. The average molecular weight is 419 g/mol. The van der Waals surface area contributed by atoms with Crippen LogP contribution in [0, 0.1) is 5.92 Å². The Balaban J connectivity index is 1.68. The maximum absolute atomic E-state index is 11.1. The summed E-state index contributed by atoms with van der Waals surface area (Å²) < 4.78 is 12.5. The van der Waals surface area contributed by atoms with Crippen LogP contribution in [0.1, 0.15) is 45.0 Å². The van der Waals surface area contributed by atoms with Crippen molar-refractivity contribution < 1.29 is 14.3 Å². The van der Waals surface area contributed by atoms with Crippen LogP contribution >= 0.6 is 22.9 Å². The molecule has 28 heavy (non-hydrogen) atoms. The van der Waals surface area contributed by atoms with Crippen molar-refractivity contribution in [2.75, 3.05) is 6.61 Å². The van der Waals surface area contributed by atoms with Crippen LogP contribution in [0.5, 0.6) is 17.4 Å². The maximum atomic E-state index is 11.1. The summed E-state index contributed by atoms with van der Waals surface area (Å²) in [7, 11) is 0. The van der Waals surface area contributed by atoms with Crippen molar-refractivity contribution >= 4 is 38.9 Å². The first-order chi connectivity index (χ1) is 13.3. The Morgan fingerprint density at radius 2 is 2.00 bits per heavy atom. The van der Waals surface area contributed by atoms with Crippen molar-refractivity contribution in [2.45, 2.75) is 40.0 Å². The summed E-state index contributed by atoms with van der Waals surface area (Å²) in [5.74, 6) is 2.29. The lowest BCUT2D eigenvalue weighted by molar-refractivity contribution is -0.118. The molecule has 3 rings (SSSR count). The fraction of sp³-hybridized carbons (Fsp3) is 0.381. The van der Waals surface area contributed by atoms with Gasteiger partial charge in [0.1, 0.15) is 22.3 Å². The van der Waals surface area contributed by atoms with Crippen LogP contribution in [-0.4, -0.2) is 22.4 Å². The van der Waals surface area contributed by atoms with Gasteiger partial charge in [-0.3, -0.25) is 0 Å².